The summed E-state index contributed by atoms with van der Waals surface area (Å²) in [5.41, 5.74) is -0.0439. The Kier molecular flexibility index (Phi) is 4.69. The van der Waals surface area contributed by atoms with Crippen molar-refractivity contribution in [1.82, 2.24) is 15.0 Å². The molecule has 110 valence electrons. The van der Waals surface area contributed by atoms with Crippen LogP contribution in [0.5, 0.6) is 0 Å². The van der Waals surface area contributed by atoms with Crippen LogP contribution < -0.4 is 10.0 Å². The average Bonchev–Trinajstić information content (AvgIpc) is 3.22. The zero-order valence-corrected chi connectivity index (χ0v) is 11.7. The molecule has 0 amide bonds. The van der Waals surface area contributed by atoms with Gasteiger partial charge in [-0.25, -0.2) is 22.9 Å². The number of aromatic nitrogens is 1. The summed E-state index contributed by atoms with van der Waals surface area (Å²) in [6.07, 6.45) is 4.13. The molecule has 1 saturated carbocycles. The van der Waals surface area contributed by atoms with Crippen molar-refractivity contribution in [3.63, 3.8) is 0 Å². The molecule has 0 bridgehead atoms. The quantitative estimate of drug-likeness (QED) is 0.592. The van der Waals surface area contributed by atoms with Crippen LogP contribution in [0, 0.1) is 0 Å². The first-order valence-electron chi connectivity index (χ1n) is 6.41. The fraction of sp³-hybridized carbons (Fsp3) is 0.500. The topological polar surface area (TPSA) is 108 Å². The van der Waals surface area contributed by atoms with Crippen molar-refractivity contribution >= 4 is 16.0 Å². The molecule has 1 aromatic heterocycles. The number of aromatic carboxylic acids is 1. The molecule has 1 aromatic rings. The number of rotatable bonds is 8. The van der Waals surface area contributed by atoms with Gasteiger partial charge in [-0.3, -0.25) is 0 Å². The molecule has 0 atom stereocenters. The van der Waals surface area contributed by atoms with Gasteiger partial charge in [-0.2, -0.15) is 0 Å². The number of carboxylic acids is 1. The van der Waals surface area contributed by atoms with Gasteiger partial charge in [-0.05, 0) is 37.9 Å². The Morgan fingerprint density at radius 3 is 2.65 bits per heavy atom. The summed E-state index contributed by atoms with van der Waals surface area (Å²) in [6, 6.07) is 3.02. The Balaban J connectivity index is 1.83. The van der Waals surface area contributed by atoms with Crippen LogP contribution in [0.2, 0.25) is 0 Å². The second-order valence-corrected chi connectivity index (χ2v) is 6.38. The molecule has 0 saturated heterocycles. The van der Waals surface area contributed by atoms with E-state index in [1.165, 1.54) is 25.0 Å². The minimum Gasteiger partial charge on any atom is -0.478 e. The minimum atomic E-state index is -3.67. The summed E-state index contributed by atoms with van der Waals surface area (Å²) in [7, 11) is -3.67. The number of sulfonamides is 1. The fourth-order valence-corrected chi connectivity index (χ4v) is 2.63. The van der Waals surface area contributed by atoms with E-state index in [-0.39, 0.29) is 10.6 Å². The van der Waals surface area contributed by atoms with Crippen LogP contribution in [0.15, 0.2) is 23.4 Å². The van der Waals surface area contributed by atoms with E-state index in [9.17, 15) is 13.2 Å². The number of hydrogen-bond acceptors (Lipinski definition) is 5. The zero-order chi connectivity index (χ0) is 14.6. The molecule has 8 heteroatoms. The van der Waals surface area contributed by atoms with Crippen LogP contribution in [0.3, 0.4) is 0 Å². The summed E-state index contributed by atoms with van der Waals surface area (Å²) in [4.78, 5) is 14.3. The first-order chi connectivity index (χ1) is 9.49. The van der Waals surface area contributed by atoms with Gasteiger partial charge in [0.2, 0.25) is 0 Å². The van der Waals surface area contributed by atoms with Crippen LogP contribution >= 0.6 is 0 Å². The van der Waals surface area contributed by atoms with Crippen LogP contribution in [-0.4, -0.2) is 43.6 Å². The SMILES string of the molecule is O=C(O)c1ccc(S(=O)(=O)NCCCNC2CC2)nc1. The monoisotopic (exact) mass is 299 g/mol. The third-order valence-corrected chi connectivity index (χ3v) is 4.29. The molecule has 3 N–H and O–H groups in total. The summed E-state index contributed by atoms with van der Waals surface area (Å²) in [5.74, 6) is -1.14. The van der Waals surface area contributed by atoms with Crippen molar-refractivity contribution in [3.8, 4) is 0 Å². The largest absolute Gasteiger partial charge is 0.478 e. The minimum absolute atomic E-state index is 0.0439. The van der Waals surface area contributed by atoms with Gasteiger partial charge in [0, 0.05) is 18.8 Å². The van der Waals surface area contributed by atoms with E-state index in [4.69, 9.17) is 5.11 Å². The van der Waals surface area contributed by atoms with Gasteiger partial charge in [0.25, 0.3) is 10.0 Å². The zero-order valence-electron chi connectivity index (χ0n) is 10.9. The Hall–Kier alpha value is -1.51. The average molecular weight is 299 g/mol. The molecule has 0 aliphatic heterocycles. The number of carbonyl (C=O) groups is 1. The Labute approximate surface area is 117 Å². The number of nitrogens with one attached hydrogen (secondary N) is 2. The van der Waals surface area contributed by atoms with Crippen molar-refractivity contribution in [1.29, 1.82) is 0 Å². The molecular weight excluding hydrogens is 282 g/mol. The number of hydrogen-bond donors (Lipinski definition) is 3. The highest BCUT2D eigenvalue weighted by atomic mass is 32.2. The molecule has 2 rings (SSSR count). The van der Waals surface area contributed by atoms with Crippen LogP contribution in [0.25, 0.3) is 0 Å². The third kappa shape index (κ3) is 4.26. The second kappa shape index (κ2) is 6.29. The molecule has 1 aliphatic carbocycles. The molecular formula is C12H17N3O4S. The predicted molar refractivity (Wildman–Crippen MR) is 72.0 cm³/mol. The molecule has 0 unspecified atom stereocenters. The summed E-state index contributed by atoms with van der Waals surface area (Å²) in [6.45, 7) is 1.10. The van der Waals surface area contributed by atoms with E-state index in [2.05, 4.69) is 15.0 Å². The number of pyridine rings is 1. The lowest BCUT2D eigenvalue weighted by molar-refractivity contribution is 0.0696. The van der Waals surface area contributed by atoms with Crippen molar-refractivity contribution < 1.29 is 18.3 Å². The highest BCUT2D eigenvalue weighted by Crippen LogP contribution is 2.18. The third-order valence-electron chi connectivity index (χ3n) is 2.91. The lowest BCUT2D eigenvalue weighted by atomic mass is 10.3. The molecule has 7 nitrogen and oxygen atoms in total. The van der Waals surface area contributed by atoms with E-state index in [1.54, 1.807) is 0 Å². The molecule has 0 spiro atoms. The first-order valence-corrected chi connectivity index (χ1v) is 7.90. The molecule has 0 radical (unpaired) electrons. The molecule has 1 heterocycles. The maximum Gasteiger partial charge on any atom is 0.337 e. The maximum atomic E-state index is 11.9. The summed E-state index contributed by atoms with van der Waals surface area (Å²) < 4.78 is 26.2. The van der Waals surface area contributed by atoms with E-state index < -0.39 is 16.0 Å². The highest BCUT2D eigenvalue weighted by Gasteiger charge is 2.20. The van der Waals surface area contributed by atoms with Gasteiger partial charge in [-0.15, -0.1) is 0 Å². The predicted octanol–water partition coefficient (Wildman–Crippen LogP) is 0.200. The lowest BCUT2D eigenvalue weighted by Gasteiger charge is -2.06. The molecule has 1 fully saturated rings. The van der Waals surface area contributed by atoms with E-state index in [0.717, 1.165) is 12.7 Å². The Morgan fingerprint density at radius 2 is 2.10 bits per heavy atom. The Bertz CT molecular complexity index is 567. The van der Waals surface area contributed by atoms with Crippen LogP contribution in [-0.2, 0) is 10.0 Å². The molecule has 1 aliphatic rings. The summed E-state index contributed by atoms with van der Waals surface area (Å²) >= 11 is 0. The lowest BCUT2D eigenvalue weighted by Crippen LogP contribution is -2.28. The molecule has 20 heavy (non-hydrogen) atoms. The Morgan fingerprint density at radius 1 is 1.35 bits per heavy atom. The fourth-order valence-electron chi connectivity index (χ4n) is 1.63. The van der Waals surface area contributed by atoms with Gasteiger partial charge in [0.05, 0.1) is 5.56 Å². The standard InChI is InChI=1S/C12H17N3O4S/c16-12(17)9-2-5-11(14-8-9)20(18,19)15-7-1-6-13-10-3-4-10/h2,5,8,10,13,15H,1,3-4,6-7H2,(H,16,17). The van der Waals surface area contributed by atoms with Crippen molar-refractivity contribution in [2.45, 2.75) is 30.3 Å². The van der Waals surface area contributed by atoms with E-state index in [0.29, 0.717) is 19.0 Å². The van der Waals surface area contributed by atoms with Crippen LogP contribution in [0.4, 0.5) is 0 Å². The van der Waals surface area contributed by atoms with E-state index >= 15 is 0 Å². The van der Waals surface area contributed by atoms with E-state index in [1.807, 2.05) is 0 Å². The number of carboxylic acid groups (broad SMARTS) is 1. The van der Waals surface area contributed by atoms with Gasteiger partial charge in [-0.1, -0.05) is 0 Å². The van der Waals surface area contributed by atoms with Gasteiger partial charge in [0.15, 0.2) is 5.03 Å². The highest BCUT2D eigenvalue weighted by molar-refractivity contribution is 7.89. The van der Waals surface area contributed by atoms with Crippen molar-refractivity contribution in [2.75, 3.05) is 13.1 Å². The normalized spacial score (nSPS) is 15.2. The van der Waals surface area contributed by atoms with Crippen molar-refractivity contribution in [3.05, 3.63) is 23.9 Å². The van der Waals surface area contributed by atoms with Crippen LogP contribution in [0.1, 0.15) is 29.6 Å². The van der Waals surface area contributed by atoms with Crippen molar-refractivity contribution in [2.24, 2.45) is 0 Å². The van der Waals surface area contributed by atoms with Gasteiger partial charge in [0.1, 0.15) is 0 Å². The maximum absolute atomic E-state index is 11.9. The second-order valence-electron chi connectivity index (χ2n) is 4.67. The smallest absolute Gasteiger partial charge is 0.337 e. The molecule has 0 aromatic carbocycles. The first kappa shape index (κ1) is 14.9. The summed E-state index contributed by atoms with van der Waals surface area (Å²) in [5, 5.41) is 11.8. The number of nitrogens with zero attached hydrogens (tertiary/aromatic N) is 1. The van der Waals surface area contributed by atoms with Gasteiger partial charge >= 0.3 is 5.97 Å². The van der Waals surface area contributed by atoms with Gasteiger partial charge < -0.3 is 10.4 Å².